The average Bonchev–Trinajstić information content (AvgIpc) is 3.06. The van der Waals surface area contributed by atoms with E-state index in [1.165, 1.54) is 6.07 Å². The van der Waals surface area contributed by atoms with Crippen LogP contribution >= 0.6 is 0 Å². The molecule has 2 heterocycles. The third-order valence-electron chi connectivity index (χ3n) is 4.73. The molecule has 2 aromatic heterocycles. The lowest BCUT2D eigenvalue weighted by atomic mass is 9.87. The second-order valence-corrected chi connectivity index (χ2v) is 8.30. The van der Waals surface area contributed by atoms with Gasteiger partial charge in [0.25, 0.3) is 10.1 Å². The minimum atomic E-state index is -4.91. The van der Waals surface area contributed by atoms with E-state index in [0.29, 0.717) is 4.68 Å². The Morgan fingerprint density at radius 3 is 2.50 bits per heavy atom. The Balaban J connectivity index is 2.00. The highest BCUT2D eigenvalue weighted by atomic mass is 32.2. The molecule has 0 aromatic carbocycles. The molecule has 0 saturated heterocycles. The summed E-state index contributed by atoms with van der Waals surface area (Å²) in [4.78, 5) is 3.20. The van der Waals surface area contributed by atoms with E-state index in [4.69, 9.17) is 9.29 Å². The highest BCUT2D eigenvalue weighted by Gasteiger charge is 2.41. The molecule has 12 heteroatoms. The predicted octanol–water partition coefficient (Wildman–Crippen LogP) is 3.53. The molecule has 0 radical (unpaired) electrons. The van der Waals surface area contributed by atoms with Gasteiger partial charge in [0.1, 0.15) is 16.5 Å². The van der Waals surface area contributed by atoms with Crippen LogP contribution in [0.3, 0.4) is 0 Å². The van der Waals surface area contributed by atoms with Gasteiger partial charge in [-0.3, -0.25) is 4.55 Å². The second-order valence-electron chi connectivity index (χ2n) is 6.88. The summed E-state index contributed by atoms with van der Waals surface area (Å²) in [5.74, 6) is -0.558. The van der Waals surface area contributed by atoms with Crippen molar-refractivity contribution in [1.29, 1.82) is 5.26 Å². The summed E-state index contributed by atoms with van der Waals surface area (Å²) in [5, 5.41) is 12.8. The lowest BCUT2D eigenvalue weighted by molar-refractivity contribution is -0.141. The standard InChI is InChI=1S/C18H17F3N4O4S/c1-11-2-4-12(5-3-11)10-29-17-14(8-22)16(18(19,20)21)24-25(17)15-7-6-13(9-23-15)30(26,27)28/h6-7,9,12H,1-5,10H2,(H,26,27,28). The third kappa shape index (κ3) is 4.63. The number of ether oxygens (including phenoxy) is 1. The van der Waals surface area contributed by atoms with Crippen LogP contribution in [0.15, 0.2) is 35.4 Å². The number of hydrogen-bond donors (Lipinski definition) is 1. The Labute approximate surface area is 170 Å². The lowest BCUT2D eigenvalue weighted by Crippen LogP contribution is -2.18. The van der Waals surface area contributed by atoms with Gasteiger partial charge in [0, 0.05) is 0 Å². The van der Waals surface area contributed by atoms with Gasteiger partial charge in [0.05, 0.1) is 12.8 Å². The fourth-order valence-corrected chi connectivity index (χ4v) is 3.52. The first-order valence-corrected chi connectivity index (χ1v) is 10.3. The number of alkyl halides is 3. The van der Waals surface area contributed by atoms with Gasteiger partial charge in [0.2, 0.25) is 5.88 Å². The van der Waals surface area contributed by atoms with Crippen LogP contribution in [-0.4, -0.2) is 34.3 Å². The van der Waals surface area contributed by atoms with Crippen molar-refractivity contribution < 1.29 is 30.9 Å². The average molecular weight is 442 g/mol. The summed E-state index contributed by atoms with van der Waals surface area (Å²) in [7, 11) is -4.53. The normalized spacial score (nSPS) is 15.8. The van der Waals surface area contributed by atoms with Gasteiger partial charge < -0.3 is 4.74 Å². The van der Waals surface area contributed by atoms with Crippen LogP contribution in [0.25, 0.3) is 5.82 Å². The Kier molecular flexibility index (Phi) is 5.87. The van der Waals surface area contributed by atoms with Gasteiger partial charge in [0.15, 0.2) is 11.5 Å². The predicted molar refractivity (Wildman–Crippen MR) is 97.5 cm³/mol. The first kappa shape index (κ1) is 21.8. The minimum absolute atomic E-state index is 0.0774. The van der Waals surface area contributed by atoms with E-state index in [-0.39, 0.29) is 18.3 Å². The van der Waals surface area contributed by atoms with E-state index >= 15 is 0 Å². The lowest BCUT2D eigenvalue weighted by Gasteiger charge is -2.23. The molecule has 0 aliphatic heterocycles. The molecule has 0 bridgehead atoms. The maximum absolute atomic E-state index is 13.4. The Bertz CT molecular complexity index is 1090. The summed E-state index contributed by atoms with van der Waals surface area (Å²) in [6, 6.07) is 3.49. The van der Waals surface area contributed by atoms with Crippen LogP contribution in [0.1, 0.15) is 36.9 Å². The second kappa shape index (κ2) is 8.08. The first-order valence-electron chi connectivity index (χ1n) is 8.84. The molecule has 3 rings (SSSR count). The quantitative estimate of drug-likeness (QED) is 0.556. The number of hydrogen-bond acceptors (Lipinski definition) is 6. The Morgan fingerprint density at radius 2 is 2.00 bits per heavy atom. The SMILES string of the molecule is C=C1CCC(COc2c(C#N)c(C(F)(F)F)nn2-c2ccc(S(=O)(=O)O)cn2)CC1. The number of nitriles is 1. The van der Waals surface area contributed by atoms with E-state index in [2.05, 4.69) is 16.7 Å². The van der Waals surface area contributed by atoms with Gasteiger partial charge in [-0.15, -0.1) is 0 Å². The zero-order valence-electron chi connectivity index (χ0n) is 15.6. The number of nitrogens with zero attached hydrogens (tertiary/aromatic N) is 4. The van der Waals surface area contributed by atoms with E-state index in [1.807, 2.05) is 0 Å². The van der Waals surface area contributed by atoms with Crippen LogP contribution in [-0.2, 0) is 16.3 Å². The summed E-state index contributed by atoms with van der Waals surface area (Å²) in [5.41, 5.74) is -1.11. The molecule has 1 saturated carbocycles. The minimum Gasteiger partial charge on any atom is -0.476 e. The van der Waals surface area contributed by atoms with Crippen molar-refractivity contribution in [3.8, 4) is 17.8 Å². The monoisotopic (exact) mass is 442 g/mol. The summed E-state index contributed by atoms with van der Waals surface area (Å²) < 4.78 is 77.8. The maximum Gasteiger partial charge on any atom is 0.436 e. The number of halogens is 3. The molecule has 0 unspecified atom stereocenters. The number of aromatic nitrogens is 3. The number of allylic oxidation sites excluding steroid dienone is 1. The van der Waals surface area contributed by atoms with Gasteiger partial charge >= 0.3 is 6.18 Å². The molecule has 1 N–H and O–H groups in total. The molecule has 1 aliphatic rings. The topological polar surface area (TPSA) is 118 Å². The molecule has 1 fully saturated rings. The molecular weight excluding hydrogens is 425 g/mol. The summed E-state index contributed by atoms with van der Waals surface area (Å²) in [6.07, 6.45) is -1.02. The third-order valence-corrected chi connectivity index (χ3v) is 5.56. The van der Waals surface area contributed by atoms with Crippen LogP contribution in [0.4, 0.5) is 13.2 Å². The van der Waals surface area contributed by atoms with Crippen molar-refractivity contribution >= 4 is 10.1 Å². The fourth-order valence-electron chi connectivity index (χ4n) is 3.09. The highest BCUT2D eigenvalue weighted by Crippen LogP contribution is 2.37. The number of pyridine rings is 1. The summed E-state index contributed by atoms with van der Waals surface area (Å²) >= 11 is 0. The van der Waals surface area contributed by atoms with Gasteiger partial charge in [-0.25, -0.2) is 4.98 Å². The summed E-state index contributed by atoms with van der Waals surface area (Å²) in [6.45, 7) is 3.99. The van der Waals surface area contributed by atoms with Crippen LogP contribution < -0.4 is 4.74 Å². The van der Waals surface area contributed by atoms with Crippen molar-refractivity contribution in [3.63, 3.8) is 0 Å². The molecule has 8 nitrogen and oxygen atoms in total. The van der Waals surface area contributed by atoms with E-state index < -0.39 is 38.3 Å². The van der Waals surface area contributed by atoms with Gasteiger partial charge in [-0.05, 0) is 43.7 Å². The largest absolute Gasteiger partial charge is 0.476 e. The molecule has 0 spiro atoms. The van der Waals surface area contributed by atoms with Crippen molar-refractivity contribution in [2.75, 3.05) is 6.61 Å². The van der Waals surface area contributed by atoms with Crippen molar-refractivity contribution in [1.82, 2.24) is 14.8 Å². The van der Waals surface area contributed by atoms with Crippen molar-refractivity contribution in [2.45, 2.75) is 36.8 Å². The fraction of sp³-hybridized carbons (Fsp3) is 0.389. The van der Waals surface area contributed by atoms with Crippen LogP contribution in [0, 0.1) is 17.2 Å². The van der Waals surface area contributed by atoms with Gasteiger partial charge in [-0.2, -0.15) is 36.6 Å². The highest BCUT2D eigenvalue weighted by molar-refractivity contribution is 7.85. The van der Waals surface area contributed by atoms with E-state index in [9.17, 15) is 26.9 Å². The Hall–Kier alpha value is -2.91. The number of rotatable bonds is 5. The Morgan fingerprint density at radius 1 is 1.33 bits per heavy atom. The zero-order valence-corrected chi connectivity index (χ0v) is 16.4. The van der Waals surface area contributed by atoms with Gasteiger partial charge in [-0.1, -0.05) is 12.2 Å². The molecule has 2 aromatic rings. The molecule has 1 aliphatic carbocycles. The van der Waals surface area contributed by atoms with Crippen LogP contribution in [0.5, 0.6) is 5.88 Å². The molecular formula is C18H17F3N4O4S. The molecule has 30 heavy (non-hydrogen) atoms. The smallest absolute Gasteiger partial charge is 0.436 e. The van der Waals surface area contributed by atoms with Crippen molar-refractivity contribution in [2.24, 2.45) is 5.92 Å². The van der Waals surface area contributed by atoms with E-state index in [0.717, 1.165) is 49.6 Å². The van der Waals surface area contributed by atoms with Crippen LogP contribution in [0.2, 0.25) is 0 Å². The zero-order chi connectivity index (χ0) is 22.1. The maximum atomic E-state index is 13.4. The molecule has 0 atom stereocenters. The van der Waals surface area contributed by atoms with E-state index in [1.54, 1.807) is 0 Å². The van der Waals surface area contributed by atoms with Crippen molar-refractivity contribution in [3.05, 3.63) is 41.7 Å². The molecule has 160 valence electrons. The molecule has 0 amide bonds. The first-order chi connectivity index (χ1) is 14.0.